The zero-order valence-corrected chi connectivity index (χ0v) is 28.5. The molecule has 0 spiro atoms. The Kier molecular flexibility index (Phi) is 15.4. The number of halogens is 1. The van der Waals surface area contributed by atoms with Gasteiger partial charge in [0.1, 0.15) is 0 Å². The quantitative estimate of drug-likeness (QED) is 0.0565. The first-order chi connectivity index (χ1) is 21.1. The van der Waals surface area contributed by atoms with Crippen LogP contribution in [0, 0.1) is 0 Å². The number of pyridine rings is 1. The van der Waals surface area contributed by atoms with Gasteiger partial charge in [-0.05, 0) is 83.3 Å². The summed E-state index contributed by atoms with van der Waals surface area (Å²) in [5.41, 5.74) is 1.99. The van der Waals surface area contributed by atoms with E-state index in [2.05, 4.69) is 34.4 Å². The highest BCUT2D eigenvalue weighted by atomic mass is 35.5. The fraction of sp³-hybridized carbons (Fsp3) is 0.607. The molecule has 254 valence electrons. The van der Waals surface area contributed by atoms with Crippen molar-refractivity contribution in [1.82, 2.24) is 15.2 Å². The Morgan fingerprint density at radius 2 is 1.73 bits per heavy atom. The van der Waals surface area contributed by atoms with Gasteiger partial charge in [0.05, 0.1) is 11.2 Å². The summed E-state index contributed by atoms with van der Waals surface area (Å²) < 4.78 is 22.9. The van der Waals surface area contributed by atoms with Gasteiger partial charge >= 0.3 is 15.2 Å². The zero-order valence-electron chi connectivity index (χ0n) is 25.9. The number of hydrogen-bond donors (Lipinski definition) is 7. The number of hydrogen-bond acceptors (Lipinski definition) is 8. The number of unbranched alkanes of at least 4 members (excludes halogenated alkanes) is 1. The van der Waals surface area contributed by atoms with Crippen molar-refractivity contribution in [3.63, 3.8) is 0 Å². The van der Waals surface area contributed by atoms with E-state index in [9.17, 15) is 43.4 Å². The van der Waals surface area contributed by atoms with Gasteiger partial charge in [-0.3, -0.25) is 23.7 Å². The van der Waals surface area contributed by atoms with Crippen LogP contribution in [0.1, 0.15) is 65.7 Å². The van der Waals surface area contributed by atoms with E-state index >= 15 is 0 Å². The SMILES string of the molecule is CCN(CC)CCCC(C)N(C=O)c1ccnc2cc(Cl)cc(NCCCC(=O)NCCCCC(O)(P(=O)(O)O)P(=O)(O)O)c12. The molecule has 0 aliphatic carbocycles. The van der Waals surface area contributed by atoms with Crippen LogP contribution in [-0.4, -0.2) is 90.7 Å². The fourth-order valence-corrected chi connectivity index (χ4v) is 7.48. The molecular formula is C28H46ClN5O9P2. The van der Waals surface area contributed by atoms with E-state index in [0.29, 0.717) is 34.9 Å². The van der Waals surface area contributed by atoms with E-state index < -0.39 is 26.7 Å². The molecule has 1 unspecified atom stereocenters. The third-order valence-electron chi connectivity index (χ3n) is 7.73. The van der Waals surface area contributed by atoms with Crippen LogP contribution in [-0.2, 0) is 18.7 Å². The number of aromatic nitrogens is 1. The summed E-state index contributed by atoms with van der Waals surface area (Å²) in [6.45, 7) is 9.66. The number of rotatable bonds is 21. The second-order valence-corrected chi connectivity index (χ2v) is 15.4. The molecule has 0 radical (unpaired) electrons. The average Bonchev–Trinajstić information content (AvgIpc) is 2.96. The molecule has 0 saturated heterocycles. The van der Waals surface area contributed by atoms with E-state index in [-0.39, 0.29) is 37.8 Å². The maximum absolute atomic E-state index is 12.3. The third-order valence-corrected chi connectivity index (χ3v) is 11.8. The van der Waals surface area contributed by atoms with E-state index in [1.54, 1.807) is 29.3 Å². The molecule has 0 aliphatic rings. The summed E-state index contributed by atoms with van der Waals surface area (Å²) in [5.74, 6) is -0.291. The Bertz CT molecular complexity index is 1350. The van der Waals surface area contributed by atoms with Crippen LogP contribution < -0.4 is 15.5 Å². The van der Waals surface area contributed by atoms with Crippen LogP contribution in [0.25, 0.3) is 10.9 Å². The maximum atomic E-state index is 12.3. The molecule has 1 aromatic carbocycles. The summed E-state index contributed by atoms with van der Waals surface area (Å²) in [6, 6.07) is 5.22. The number of carbonyl (C=O) groups excluding carboxylic acids is 2. The highest BCUT2D eigenvalue weighted by Gasteiger charge is 2.58. The summed E-state index contributed by atoms with van der Waals surface area (Å²) >= 11 is 6.37. The molecule has 17 heteroatoms. The number of nitrogens with zero attached hydrogens (tertiary/aromatic N) is 3. The zero-order chi connectivity index (χ0) is 33.8. The van der Waals surface area contributed by atoms with Gasteiger partial charge < -0.3 is 45.1 Å². The molecule has 2 rings (SSSR count). The Morgan fingerprint density at radius 3 is 2.33 bits per heavy atom. The van der Waals surface area contributed by atoms with Crippen LogP contribution >= 0.6 is 26.8 Å². The van der Waals surface area contributed by atoms with Gasteiger partial charge in [-0.1, -0.05) is 25.4 Å². The minimum atomic E-state index is -5.50. The number of fused-ring (bicyclic) bond motifs is 1. The molecule has 0 saturated carbocycles. The van der Waals surface area contributed by atoms with Crippen molar-refractivity contribution in [2.75, 3.05) is 42.9 Å². The molecule has 2 aromatic rings. The summed E-state index contributed by atoms with van der Waals surface area (Å²) in [7, 11) is -11.0. The molecule has 1 heterocycles. The Labute approximate surface area is 268 Å². The lowest BCUT2D eigenvalue weighted by molar-refractivity contribution is -0.121. The van der Waals surface area contributed by atoms with Gasteiger partial charge in [-0.2, -0.15) is 0 Å². The number of anilines is 2. The van der Waals surface area contributed by atoms with E-state index in [4.69, 9.17) is 11.6 Å². The molecule has 1 aromatic heterocycles. The minimum Gasteiger partial charge on any atom is -0.384 e. The first-order valence-corrected chi connectivity index (χ1v) is 18.6. The monoisotopic (exact) mass is 693 g/mol. The fourth-order valence-electron chi connectivity index (χ4n) is 5.01. The predicted molar refractivity (Wildman–Crippen MR) is 175 cm³/mol. The van der Waals surface area contributed by atoms with Gasteiger partial charge in [0.2, 0.25) is 12.3 Å². The lowest BCUT2D eigenvalue weighted by Crippen LogP contribution is -2.33. The largest absolute Gasteiger partial charge is 0.384 e. The van der Waals surface area contributed by atoms with E-state index in [1.807, 2.05) is 6.92 Å². The molecule has 7 N–H and O–H groups in total. The van der Waals surface area contributed by atoms with Crippen molar-refractivity contribution in [3.05, 3.63) is 29.4 Å². The van der Waals surface area contributed by atoms with Gasteiger partial charge in [-0.15, -0.1) is 0 Å². The number of nitrogens with one attached hydrogen (secondary N) is 2. The Hall–Kier alpha value is -2.12. The molecule has 0 bridgehead atoms. The van der Waals surface area contributed by atoms with Crippen LogP contribution in [0.15, 0.2) is 24.4 Å². The summed E-state index contributed by atoms with van der Waals surface area (Å²) in [6.07, 6.45) is 3.98. The third kappa shape index (κ3) is 11.0. The Morgan fingerprint density at radius 1 is 1.07 bits per heavy atom. The van der Waals surface area contributed by atoms with Crippen molar-refractivity contribution >= 4 is 61.4 Å². The first-order valence-electron chi connectivity index (χ1n) is 15.0. The predicted octanol–water partition coefficient (Wildman–Crippen LogP) is 3.84. The summed E-state index contributed by atoms with van der Waals surface area (Å²) in [5, 5.41) is 13.6. The highest BCUT2D eigenvalue weighted by Crippen LogP contribution is 2.69. The van der Waals surface area contributed by atoms with Crippen LogP contribution in [0.4, 0.5) is 11.4 Å². The maximum Gasteiger partial charge on any atom is 0.369 e. The van der Waals surface area contributed by atoms with Crippen molar-refractivity contribution < 1.29 is 43.4 Å². The summed E-state index contributed by atoms with van der Waals surface area (Å²) in [4.78, 5) is 69.9. The Balaban J connectivity index is 1.97. The molecule has 0 fully saturated rings. The topological polar surface area (TPSA) is 213 Å². The first kappa shape index (κ1) is 39.1. The molecule has 45 heavy (non-hydrogen) atoms. The van der Waals surface area contributed by atoms with Crippen molar-refractivity contribution in [1.29, 1.82) is 0 Å². The average molecular weight is 694 g/mol. The van der Waals surface area contributed by atoms with Gasteiger partial charge in [0.25, 0.3) is 5.08 Å². The molecular weight excluding hydrogens is 648 g/mol. The number of carbonyl (C=O) groups is 2. The van der Waals surface area contributed by atoms with Crippen molar-refractivity contribution in [2.45, 2.75) is 76.8 Å². The number of amides is 2. The molecule has 2 amide bonds. The second kappa shape index (κ2) is 17.7. The standard InChI is InChI=1S/C28H46ClN5O9P2/c1-4-33(5-2)17-9-10-21(3)34(20-35)25-12-16-31-24-19-22(29)18-23(27(24)25)30-15-8-11-26(36)32-14-7-6-13-28(37,44(38,39)40)45(41,42)43/h12,16,18-21,30,37H,4-11,13-15,17H2,1-3H3,(H,32,36)(H2,38,39,40)(H2,41,42,43). The van der Waals surface area contributed by atoms with Crippen molar-refractivity contribution in [2.24, 2.45) is 0 Å². The van der Waals surface area contributed by atoms with E-state index in [0.717, 1.165) is 44.3 Å². The van der Waals surface area contributed by atoms with Crippen LogP contribution in [0.2, 0.25) is 5.02 Å². The smallest absolute Gasteiger partial charge is 0.369 e. The van der Waals surface area contributed by atoms with Crippen LogP contribution in [0.3, 0.4) is 0 Å². The number of aliphatic hydroxyl groups is 1. The molecule has 0 aliphatic heterocycles. The molecule has 14 nitrogen and oxygen atoms in total. The highest BCUT2D eigenvalue weighted by molar-refractivity contribution is 7.72. The van der Waals surface area contributed by atoms with Gasteiger partial charge in [-0.25, -0.2) is 0 Å². The minimum absolute atomic E-state index is 0.0572. The lowest BCUT2D eigenvalue weighted by atomic mass is 10.1. The van der Waals surface area contributed by atoms with Crippen molar-refractivity contribution in [3.8, 4) is 0 Å². The second-order valence-electron chi connectivity index (χ2n) is 10.9. The normalized spacial score (nSPS) is 13.2. The lowest BCUT2D eigenvalue weighted by Gasteiger charge is -2.29. The van der Waals surface area contributed by atoms with Crippen LogP contribution in [0.5, 0.6) is 0 Å². The number of benzene rings is 1. The van der Waals surface area contributed by atoms with Gasteiger partial charge in [0, 0.05) is 47.8 Å². The van der Waals surface area contributed by atoms with Gasteiger partial charge in [0.15, 0.2) is 0 Å². The molecule has 1 atom stereocenters. The van der Waals surface area contributed by atoms with E-state index in [1.165, 1.54) is 0 Å².